The van der Waals surface area contributed by atoms with E-state index < -0.39 is 0 Å². The third-order valence-electron chi connectivity index (χ3n) is 1.83. The maximum absolute atomic E-state index is 9.02. The number of rotatable bonds is 5. The molecule has 0 aliphatic heterocycles. The van der Waals surface area contributed by atoms with Gasteiger partial charge in [0, 0.05) is 16.3 Å². The van der Waals surface area contributed by atoms with Crippen LogP contribution in [0.5, 0.6) is 0 Å². The molecule has 2 nitrogen and oxygen atoms in total. The lowest BCUT2D eigenvalue weighted by Crippen LogP contribution is -2.17. The third-order valence-corrected chi connectivity index (χ3v) is 2.83. The molecule has 0 radical (unpaired) electrons. The second-order valence-electron chi connectivity index (χ2n) is 3.33. The van der Waals surface area contributed by atoms with Crippen LogP contribution < -0.4 is 5.32 Å². The number of aliphatic hydroxyl groups excluding tert-OH is 1. The Bertz CT molecular complexity index is 245. The Morgan fingerprint density at radius 2 is 2.31 bits per heavy atom. The van der Waals surface area contributed by atoms with Crippen molar-refractivity contribution >= 4 is 11.3 Å². The molecule has 0 aliphatic rings. The van der Waals surface area contributed by atoms with E-state index in [1.54, 1.807) is 0 Å². The van der Waals surface area contributed by atoms with Crippen LogP contribution in [-0.4, -0.2) is 17.8 Å². The van der Waals surface area contributed by atoms with Gasteiger partial charge in [-0.3, -0.25) is 0 Å². The van der Waals surface area contributed by atoms with Gasteiger partial charge in [0.05, 0.1) is 6.10 Å². The van der Waals surface area contributed by atoms with Gasteiger partial charge in [-0.15, -0.1) is 11.3 Å². The predicted molar refractivity (Wildman–Crippen MR) is 57.1 cm³/mol. The molecule has 1 atom stereocenters. The van der Waals surface area contributed by atoms with Crippen LogP contribution in [-0.2, 0) is 6.54 Å². The van der Waals surface area contributed by atoms with Crippen LogP contribution in [0.2, 0.25) is 0 Å². The Kier molecular flexibility index (Phi) is 4.42. The van der Waals surface area contributed by atoms with Crippen molar-refractivity contribution in [1.29, 1.82) is 0 Å². The SMILES string of the molecule is Cc1ccc(CNCC[C@H](C)O)s1. The quantitative estimate of drug-likeness (QED) is 0.710. The van der Waals surface area contributed by atoms with Gasteiger partial charge in [0.1, 0.15) is 0 Å². The molecule has 0 fully saturated rings. The van der Waals surface area contributed by atoms with Crippen LogP contribution >= 0.6 is 11.3 Å². The summed E-state index contributed by atoms with van der Waals surface area (Å²) in [6.07, 6.45) is 0.627. The maximum Gasteiger partial charge on any atom is 0.0524 e. The fraction of sp³-hybridized carbons (Fsp3) is 0.600. The van der Waals surface area contributed by atoms with E-state index in [1.165, 1.54) is 9.75 Å². The summed E-state index contributed by atoms with van der Waals surface area (Å²) in [6, 6.07) is 4.28. The van der Waals surface area contributed by atoms with E-state index in [1.807, 2.05) is 18.3 Å². The molecule has 1 aromatic heterocycles. The fourth-order valence-corrected chi connectivity index (χ4v) is 1.96. The van der Waals surface area contributed by atoms with Crippen LogP contribution in [0.1, 0.15) is 23.1 Å². The van der Waals surface area contributed by atoms with E-state index in [4.69, 9.17) is 5.11 Å². The molecule has 0 spiro atoms. The largest absolute Gasteiger partial charge is 0.393 e. The van der Waals surface area contributed by atoms with Crippen LogP contribution in [0.15, 0.2) is 12.1 Å². The summed E-state index contributed by atoms with van der Waals surface area (Å²) in [7, 11) is 0. The summed E-state index contributed by atoms with van der Waals surface area (Å²) in [6.45, 7) is 5.74. The summed E-state index contributed by atoms with van der Waals surface area (Å²) in [5.41, 5.74) is 0. The molecule has 1 rings (SSSR count). The van der Waals surface area contributed by atoms with Crippen molar-refractivity contribution < 1.29 is 5.11 Å². The summed E-state index contributed by atoms with van der Waals surface area (Å²) < 4.78 is 0. The van der Waals surface area contributed by atoms with Gasteiger partial charge in [0.2, 0.25) is 0 Å². The van der Waals surface area contributed by atoms with Crippen molar-refractivity contribution in [2.24, 2.45) is 0 Å². The van der Waals surface area contributed by atoms with Crippen molar-refractivity contribution in [3.8, 4) is 0 Å². The molecule has 0 unspecified atom stereocenters. The summed E-state index contributed by atoms with van der Waals surface area (Å²) in [5.74, 6) is 0. The highest BCUT2D eigenvalue weighted by molar-refractivity contribution is 7.11. The van der Waals surface area contributed by atoms with Gasteiger partial charge < -0.3 is 10.4 Å². The number of hydrogen-bond donors (Lipinski definition) is 2. The number of hydrogen-bond acceptors (Lipinski definition) is 3. The van der Waals surface area contributed by atoms with Gasteiger partial charge in [-0.05, 0) is 38.9 Å². The van der Waals surface area contributed by atoms with Gasteiger partial charge >= 0.3 is 0 Å². The second kappa shape index (κ2) is 5.37. The molecule has 0 saturated carbocycles. The zero-order valence-electron chi connectivity index (χ0n) is 8.21. The first kappa shape index (κ1) is 10.7. The highest BCUT2D eigenvalue weighted by atomic mass is 32.1. The Labute approximate surface area is 83.6 Å². The van der Waals surface area contributed by atoms with Gasteiger partial charge in [-0.1, -0.05) is 0 Å². The van der Waals surface area contributed by atoms with E-state index in [0.717, 1.165) is 19.5 Å². The maximum atomic E-state index is 9.02. The molecule has 0 aromatic carbocycles. The monoisotopic (exact) mass is 199 g/mol. The minimum atomic E-state index is -0.197. The molecule has 0 saturated heterocycles. The van der Waals surface area contributed by atoms with Crippen LogP contribution in [0.3, 0.4) is 0 Å². The molecule has 1 aromatic rings. The molecule has 0 amide bonds. The van der Waals surface area contributed by atoms with Crippen LogP contribution in [0.25, 0.3) is 0 Å². The lowest BCUT2D eigenvalue weighted by molar-refractivity contribution is 0.183. The molecule has 0 bridgehead atoms. The molecule has 3 heteroatoms. The molecule has 1 heterocycles. The minimum absolute atomic E-state index is 0.197. The number of nitrogens with one attached hydrogen (secondary N) is 1. The minimum Gasteiger partial charge on any atom is -0.393 e. The van der Waals surface area contributed by atoms with E-state index >= 15 is 0 Å². The number of thiophene rings is 1. The van der Waals surface area contributed by atoms with Gasteiger partial charge in [0.15, 0.2) is 0 Å². The first-order valence-electron chi connectivity index (χ1n) is 4.62. The Morgan fingerprint density at radius 3 is 2.85 bits per heavy atom. The average molecular weight is 199 g/mol. The van der Waals surface area contributed by atoms with E-state index in [9.17, 15) is 0 Å². The summed E-state index contributed by atoms with van der Waals surface area (Å²) in [4.78, 5) is 2.72. The van der Waals surface area contributed by atoms with Gasteiger partial charge in [-0.25, -0.2) is 0 Å². The van der Waals surface area contributed by atoms with Crippen molar-refractivity contribution in [3.05, 3.63) is 21.9 Å². The normalized spacial score (nSPS) is 13.2. The molecule has 13 heavy (non-hydrogen) atoms. The van der Waals surface area contributed by atoms with Crippen molar-refractivity contribution in [2.75, 3.05) is 6.54 Å². The van der Waals surface area contributed by atoms with Crippen molar-refractivity contribution in [1.82, 2.24) is 5.32 Å². The highest BCUT2D eigenvalue weighted by Gasteiger charge is 1.97. The van der Waals surface area contributed by atoms with Crippen molar-refractivity contribution in [2.45, 2.75) is 32.9 Å². The lowest BCUT2D eigenvalue weighted by atomic mass is 10.3. The van der Waals surface area contributed by atoms with Gasteiger partial charge in [-0.2, -0.15) is 0 Å². The number of aryl methyl sites for hydroxylation is 1. The highest BCUT2D eigenvalue weighted by Crippen LogP contribution is 2.14. The summed E-state index contributed by atoms with van der Waals surface area (Å²) in [5, 5.41) is 12.3. The molecule has 74 valence electrons. The van der Waals surface area contributed by atoms with E-state index in [-0.39, 0.29) is 6.10 Å². The van der Waals surface area contributed by atoms with E-state index in [0.29, 0.717) is 0 Å². The Morgan fingerprint density at radius 1 is 1.54 bits per heavy atom. The zero-order valence-corrected chi connectivity index (χ0v) is 9.03. The van der Waals surface area contributed by atoms with E-state index in [2.05, 4.69) is 24.4 Å². The van der Waals surface area contributed by atoms with Gasteiger partial charge in [0.25, 0.3) is 0 Å². The number of aliphatic hydroxyl groups is 1. The standard InChI is InChI=1S/C10H17NOS/c1-8(12)5-6-11-7-10-4-3-9(2)13-10/h3-4,8,11-12H,5-7H2,1-2H3/t8-/m0/s1. The molecule has 0 aliphatic carbocycles. The lowest BCUT2D eigenvalue weighted by Gasteiger charge is -2.04. The first-order valence-corrected chi connectivity index (χ1v) is 5.44. The van der Waals surface area contributed by atoms with Crippen LogP contribution in [0.4, 0.5) is 0 Å². The average Bonchev–Trinajstić information content (AvgIpc) is 2.45. The fourth-order valence-electron chi connectivity index (χ4n) is 1.10. The molecular formula is C10H17NOS. The predicted octanol–water partition coefficient (Wildman–Crippen LogP) is 1.92. The summed E-state index contributed by atoms with van der Waals surface area (Å²) >= 11 is 1.82. The third kappa shape index (κ3) is 4.41. The second-order valence-corrected chi connectivity index (χ2v) is 4.70. The smallest absolute Gasteiger partial charge is 0.0524 e. The molecular weight excluding hydrogens is 182 g/mol. The Balaban J connectivity index is 2.13. The van der Waals surface area contributed by atoms with Crippen LogP contribution in [0, 0.1) is 6.92 Å². The van der Waals surface area contributed by atoms with Crippen molar-refractivity contribution in [3.63, 3.8) is 0 Å². The zero-order chi connectivity index (χ0) is 9.68. The first-order chi connectivity index (χ1) is 6.18. The Hall–Kier alpha value is -0.380. The molecule has 2 N–H and O–H groups in total. The topological polar surface area (TPSA) is 32.3 Å².